The van der Waals surface area contributed by atoms with Gasteiger partial charge in [0.25, 0.3) is 0 Å². The molecule has 0 bridgehead atoms. The number of nitrogen functional groups attached to an aromatic ring is 1. The fourth-order valence-electron chi connectivity index (χ4n) is 4.36. The summed E-state index contributed by atoms with van der Waals surface area (Å²) in [5.74, 6) is 1.16. The Bertz CT molecular complexity index is 1260. The molecule has 0 spiro atoms. The van der Waals surface area contributed by atoms with Crippen LogP contribution in [0.1, 0.15) is 68.2 Å². The second-order valence-corrected chi connectivity index (χ2v) is 9.71. The maximum Gasteiger partial charge on any atom is 0.416 e. The molecule has 4 rings (SSSR count). The molecule has 0 radical (unpaired) electrons. The predicted octanol–water partition coefficient (Wildman–Crippen LogP) is 6.08. The summed E-state index contributed by atoms with van der Waals surface area (Å²) in [5, 5.41) is 3.33. The number of nitrogens with zero attached hydrogens (tertiary/aromatic N) is 4. The van der Waals surface area contributed by atoms with Crippen LogP contribution in [0.25, 0.3) is 5.78 Å². The third kappa shape index (κ3) is 4.19. The average molecular weight is 473 g/mol. The van der Waals surface area contributed by atoms with Crippen molar-refractivity contribution in [3.05, 3.63) is 64.8 Å². The summed E-state index contributed by atoms with van der Waals surface area (Å²) in [6, 6.07) is 3.18. The SMILES string of the molecule is C=C(N1Cc2c(N[C@H](C)c3cc(N)cc(C(F)(F)F)c3)nc3ncc(C)n3c2C1)C(C)(C)CC. The van der Waals surface area contributed by atoms with E-state index in [9.17, 15) is 13.2 Å². The molecule has 6 nitrogen and oxygen atoms in total. The number of anilines is 2. The number of halogens is 3. The molecule has 1 aromatic carbocycles. The Morgan fingerprint density at radius 2 is 1.94 bits per heavy atom. The molecule has 1 atom stereocenters. The number of hydrogen-bond acceptors (Lipinski definition) is 5. The molecule has 0 unspecified atom stereocenters. The van der Waals surface area contributed by atoms with Gasteiger partial charge in [0.05, 0.1) is 30.0 Å². The Kier molecular flexibility index (Phi) is 5.78. The first-order chi connectivity index (χ1) is 15.8. The van der Waals surface area contributed by atoms with Crippen LogP contribution in [-0.4, -0.2) is 19.3 Å². The minimum atomic E-state index is -4.47. The number of nitrogens with one attached hydrogen (secondary N) is 1. The second kappa shape index (κ2) is 8.21. The number of imidazole rings is 1. The number of nitrogens with two attached hydrogens (primary N) is 1. The van der Waals surface area contributed by atoms with Gasteiger partial charge < -0.3 is 16.0 Å². The predicted molar refractivity (Wildman–Crippen MR) is 128 cm³/mol. The van der Waals surface area contributed by atoms with Crippen LogP contribution in [0, 0.1) is 12.3 Å². The second-order valence-electron chi connectivity index (χ2n) is 9.71. The molecule has 2 aromatic heterocycles. The number of hydrogen-bond donors (Lipinski definition) is 2. The van der Waals surface area contributed by atoms with E-state index in [1.54, 1.807) is 19.2 Å². The summed E-state index contributed by atoms with van der Waals surface area (Å²) in [5.41, 5.74) is 9.55. The van der Waals surface area contributed by atoms with Crippen LogP contribution in [0.3, 0.4) is 0 Å². The summed E-state index contributed by atoms with van der Waals surface area (Å²) in [6.07, 6.45) is -1.74. The minimum absolute atomic E-state index is 0.0605. The van der Waals surface area contributed by atoms with Crippen LogP contribution >= 0.6 is 0 Å². The van der Waals surface area contributed by atoms with Crippen LogP contribution in [0.15, 0.2) is 36.7 Å². The van der Waals surface area contributed by atoms with Gasteiger partial charge in [0.2, 0.25) is 5.78 Å². The van der Waals surface area contributed by atoms with Gasteiger partial charge in [0, 0.05) is 34.6 Å². The molecule has 0 saturated heterocycles. The third-order valence-electron chi connectivity index (χ3n) is 6.93. The molecule has 34 heavy (non-hydrogen) atoms. The molecule has 0 saturated carbocycles. The first kappa shape index (κ1) is 23.9. The maximum absolute atomic E-state index is 13.3. The largest absolute Gasteiger partial charge is 0.416 e. The van der Waals surface area contributed by atoms with E-state index in [4.69, 9.17) is 10.7 Å². The molecule has 3 N–H and O–H groups in total. The van der Waals surface area contributed by atoms with Gasteiger partial charge in [-0.3, -0.25) is 4.40 Å². The van der Waals surface area contributed by atoms with Crippen LogP contribution in [0.2, 0.25) is 0 Å². The molecule has 0 aliphatic carbocycles. The van der Waals surface area contributed by atoms with Crippen LogP contribution in [0.5, 0.6) is 0 Å². The van der Waals surface area contributed by atoms with Crippen molar-refractivity contribution >= 4 is 17.3 Å². The lowest BCUT2D eigenvalue weighted by Crippen LogP contribution is -2.27. The number of alkyl halides is 3. The molecule has 9 heteroatoms. The highest BCUT2D eigenvalue weighted by atomic mass is 19.4. The molecule has 1 aliphatic rings. The number of aromatic nitrogens is 3. The summed E-state index contributed by atoms with van der Waals surface area (Å²) < 4.78 is 42.0. The first-order valence-corrected chi connectivity index (χ1v) is 11.4. The van der Waals surface area contributed by atoms with Crippen molar-refractivity contribution in [2.45, 2.75) is 66.3 Å². The lowest BCUT2D eigenvalue weighted by Gasteiger charge is -2.33. The van der Waals surface area contributed by atoms with Gasteiger partial charge in [-0.1, -0.05) is 27.4 Å². The normalized spacial score (nSPS) is 15.0. The highest BCUT2D eigenvalue weighted by Crippen LogP contribution is 2.39. The first-order valence-electron chi connectivity index (χ1n) is 11.4. The Morgan fingerprint density at radius 3 is 2.59 bits per heavy atom. The maximum atomic E-state index is 13.3. The number of allylic oxidation sites excluding steroid dienone is 1. The van der Waals surface area contributed by atoms with Crippen LogP contribution < -0.4 is 11.1 Å². The van der Waals surface area contributed by atoms with E-state index in [-0.39, 0.29) is 11.1 Å². The molecule has 0 fully saturated rings. The zero-order valence-corrected chi connectivity index (χ0v) is 20.2. The van der Waals surface area contributed by atoms with Crippen molar-refractivity contribution in [3.63, 3.8) is 0 Å². The topological polar surface area (TPSA) is 71.5 Å². The van der Waals surface area contributed by atoms with Crippen LogP contribution in [0.4, 0.5) is 24.7 Å². The van der Waals surface area contributed by atoms with Crippen molar-refractivity contribution in [3.8, 4) is 0 Å². The Hall–Kier alpha value is -3.23. The quantitative estimate of drug-likeness (QED) is 0.426. The Labute approximate surface area is 197 Å². The highest BCUT2D eigenvalue weighted by Gasteiger charge is 2.34. The van der Waals surface area contributed by atoms with E-state index in [2.05, 4.69) is 42.6 Å². The van der Waals surface area contributed by atoms with E-state index < -0.39 is 17.8 Å². The fourth-order valence-corrected chi connectivity index (χ4v) is 4.36. The molecule has 0 amide bonds. The van der Waals surface area contributed by atoms with E-state index in [0.29, 0.717) is 30.2 Å². The van der Waals surface area contributed by atoms with Gasteiger partial charge in [-0.25, -0.2) is 4.98 Å². The summed E-state index contributed by atoms with van der Waals surface area (Å²) in [6.45, 7) is 15.9. The van der Waals surface area contributed by atoms with Crippen molar-refractivity contribution in [2.24, 2.45) is 5.41 Å². The molecular formula is C25H31F3N6. The number of benzene rings is 1. The number of aryl methyl sites for hydroxylation is 1. The molecule has 3 heterocycles. The number of rotatable bonds is 6. The zero-order valence-electron chi connectivity index (χ0n) is 20.2. The van der Waals surface area contributed by atoms with Crippen molar-refractivity contribution in [1.82, 2.24) is 19.3 Å². The van der Waals surface area contributed by atoms with Gasteiger partial charge in [-0.15, -0.1) is 0 Å². The summed E-state index contributed by atoms with van der Waals surface area (Å²) in [4.78, 5) is 11.4. The van der Waals surface area contributed by atoms with Crippen molar-refractivity contribution in [2.75, 3.05) is 11.1 Å². The van der Waals surface area contributed by atoms with E-state index in [0.717, 1.165) is 41.2 Å². The monoisotopic (exact) mass is 472 g/mol. The molecule has 1 aliphatic heterocycles. The lowest BCUT2D eigenvalue weighted by atomic mass is 9.86. The smallest absolute Gasteiger partial charge is 0.399 e. The molecule has 3 aromatic rings. The lowest BCUT2D eigenvalue weighted by molar-refractivity contribution is -0.137. The zero-order chi connectivity index (χ0) is 25.0. The highest BCUT2D eigenvalue weighted by molar-refractivity contribution is 5.57. The summed E-state index contributed by atoms with van der Waals surface area (Å²) >= 11 is 0. The molecular weight excluding hydrogens is 441 g/mol. The van der Waals surface area contributed by atoms with Gasteiger partial charge in [0.1, 0.15) is 5.82 Å². The summed E-state index contributed by atoms with van der Waals surface area (Å²) in [7, 11) is 0. The Balaban J connectivity index is 1.73. The van der Waals surface area contributed by atoms with Crippen molar-refractivity contribution in [1.29, 1.82) is 0 Å². The third-order valence-corrected chi connectivity index (χ3v) is 6.93. The molecule has 182 valence electrons. The van der Waals surface area contributed by atoms with E-state index >= 15 is 0 Å². The standard InChI is InChI=1S/C25H31F3N6/c1-7-24(5,6)16(4)33-12-20-21(13-33)34-14(2)11-30-23(34)32-22(20)31-15(3)17-8-18(25(26,27)28)10-19(29)9-17/h8-11,15H,4,7,12-13,29H2,1-3,5-6H3,(H,30,31,32)/t15-/m1/s1. The van der Waals surface area contributed by atoms with E-state index in [1.807, 2.05) is 11.3 Å². The fraction of sp³-hybridized carbons (Fsp3) is 0.440. The van der Waals surface area contributed by atoms with Gasteiger partial charge in [0.15, 0.2) is 0 Å². The van der Waals surface area contributed by atoms with Crippen molar-refractivity contribution < 1.29 is 13.2 Å². The minimum Gasteiger partial charge on any atom is -0.399 e. The Morgan fingerprint density at radius 1 is 1.24 bits per heavy atom. The average Bonchev–Trinajstić information content (AvgIpc) is 3.36. The van der Waals surface area contributed by atoms with E-state index in [1.165, 1.54) is 0 Å². The van der Waals surface area contributed by atoms with Crippen LogP contribution in [-0.2, 0) is 19.3 Å². The van der Waals surface area contributed by atoms with Gasteiger partial charge in [-0.2, -0.15) is 18.2 Å². The van der Waals surface area contributed by atoms with Gasteiger partial charge >= 0.3 is 6.18 Å². The van der Waals surface area contributed by atoms with Gasteiger partial charge in [-0.05, 0) is 44.0 Å². The number of fused-ring (bicyclic) bond motifs is 3.